The average Bonchev–Trinajstić information content (AvgIpc) is 2.76. The normalized spacial score (nSPS) is 16.4. The number of aliphatic imine (C=N–C) groups is 1. The molecule has 4 nitrogen and oxygen atoms in total. The number of hydrazine groups is 1. The van der Waals surface area contributed by atoms with E-state index in [1.54, 1.807) is 11.2 Å². The van der Waals surface area contributed by atoms with Gasteiger partial charge in [-0.05, 0) is 50.1 Å². The maximum absolute atomic E-state index is 12.9. The van der Waals surface area contributed by atoms with Gasteiger partial charge in [0.1, 0.15) is 5.84 Å². The Balaban J connectivity index is 0.00000204. The van der Waals surface area contributed by atoms with E-state index in [-0.39, 0.29) is 0 Å². The molecule has 2 rings (SSSR count). The van der Waals surface area contributed by atoms with Crippen molar-refractivity contribution in [3.8, 4) is 0 Å². The summed E-state index contributed by atoms with van der Waals surface area (Å²) in [6.07, 6.45) is 17.6. The Kier molecular flexibility index (Phi) is 11.4. The molecule has 0 bridgehead atoms. The van der Waals surface area contributed by atoms with Crippen LogP contribution in [0.2, 0.25) is 0 Å². The van der Waals surface area contributed by atoms with E-state index in [1.807, 2.05) is 82.5 Å². The highest BCUT2D eigenvalue weighted by atomic mass is 19.1. The zero-order chi connectivity index (χ0) is 21.5. The maximum Gasteiger partial charge on any atom is 0.140 e. The average molecular weight is 395 g/mol. The molecule has 0 aliphatic carbocycles. The quantitative estimate of drug-likeness (QED) is 0.592. The number of rotatable bonds is 7. The van der Waals surface area contributed by atoms with E-state index in [0.29, 0.717) is 12.9 Å². The third-order valence-corrected chi connectivity index (χ3v) is 3.87. The SMILES string of the molecule is C=C1C=CC(=NCCc2cccnc2)NN1C(=C\C)/C(/C=C/F)=C/C=C\C.CC. The lowest BCUT2D eigenvalue weighted by atomic mass is 10.1. The van der Waals surface area contributed by atoms with Gasteiger partial charge in [0.05, 0.1) is 17.7 Å². The topological polar surface area (TPSA) is 40.5 Å². The van der Waals surface area contributed by atoms with Crippen LogP contribution in [0, 0.1) is 0 Å². The van der Waals surface area contributed by atoms with E-state index < -0.39 is 0 Å². The third kappa shape index (κ3) is 7.74. The number of halogens is 1. The summed E-state index contributed by atoms with van der Waals surface area (Å²) in [6, 6.07) is 3.95. The lowest BCUT2D eigenvalue weighted by Crippen LogP contribution is -2.42. The van der Waals surface area contributed by atoms with Gasteiger partial charge in [0.15, 0.2) is 0 Å². The van der Waals surface area contributed by atoms with Crippen LogP contribution in [-0.4, -0.2) is 22.4 Å². The van der Waals surface area contributed by atoms with Gasteiger partial charge in [0.2, 0.25) is 0 Å². The minimum Gasteiger partial charge on any atom is -0.277 e. The second kappa shape index (κ2) is 13.9. The van der Waals surface area contributed by atoms with Crippen molar-refractivity contribution in [2.24, 2.45) is 4.99 Å². The number of amidine groups is 1. The molecule has 0 unspecified atom stereocenters. The molecule has 2 heterocycles. The summed E-state index contributed by atoms with van der Waals surface area (Å²) in [5.74, 6) is 0.722. The van der Waals surface area contributed by atoms with Crippen LogP contribution < -0.4 is 5.43 Å². The standard InChI is InChI=1S/C22H25FN4.C2H6/c1-4-6-9-20(12-14-23)21(5-2)27-18(3)10-11-22(26-27)25-16-13-19-8-7-15-24-17-19;1-2/h4-12,14-15,17H,3,13,16H2,1-2H3,(H,25,26);1-2H3/b6-4-,14-12+,20-9+,21-5-;. The van der Waals surface area contributed by atoms with Gasteiger partial charge in [0, 0.05) is 24.5 Å². The van der Waals surface area contributed by atoms with Crippen LogP contribution in [0.1, 0.15) is 33.3 Å². The fraction of sp³-hybridized carbons (Fsp3) is 0.250. The summed E-state index contributed by atoms with van der Waals surface area (Å²) in [4.78, 5) is 8.72. The lowest BCUT2D eigenvalue weighted by molar-refractivity contribution is 0.397. The molecule has 0 atom stereocenters. The van der Waals surface area contributed by atoms with Gasteiger partial charge in [-0.25, -0.2) is 4.39 Å². The molecule has 0 saturated carbocycles. The van der Waals surface area contributed by atoms with Crippen molar-refractivity contribution >= 4 is 5.84 Å². The lowest BCUT2D eigenvalue weighted by Gasteiger charge is -2.32. The van der Waals surface area contributed by atoms with Crippen molar-refractivity contribution in [1.82, 2.24) is 15.4 Å². The first-order valence-electron chi connectivity index (χ1n) is 9.83. The molecule has 5 heteroatoms. The molecule has 0 spiro atoms. The van der Waals surface area contributed by atoms with Crippen molar-refractivity contribution in [3.05, 3.63) is 102 Å². The van der Waals surface area contributed by atoms with E-state index in [4.69, 9.17) is 0 Å². The van der Waals surface area contributed by atoms with Crippen LogP contribution in [0.4, 0.5) is 4.39 Å². The van der Waals surface area contributed by atoms with Crippen molar-refractivity contribution in [2.75, 3.05) is 6.54 Å². The Bertz CT molecular complexity index is 815. The summed E-state index contributed by atoms with van der Waals surface area (Å²) in [5, 5.41) is 1.80. The minimum atomic E-state index is 0.532. The zero-order valence-corrected chi connectivity index (χ0v) is 17.8. The van der Waals surface area contributed by atoms with Crippen LogP contribution in [-0.2, 0) is 6.42 Å². The van der Waals surface area contributed by atoms with E-state index in [9.17, 15) is 4.39 Å². The molecule has 1 aliphatic rings. The van der Waals surface area contributed by atoms with E-state index in [1.165, 1.54) is 6.08 Å². The Hall–Kier alpha value is -3.21. The molecule has 1 N–H and O–H groups in total. The molecule has 0 amide bonds. The van der Waals surface area contributed by atoms with E-state index in [2.05, 4.69) is 22.0 Å². The van der Waals surface area contributed by atoms with Crippen LogP contribution in [0.3, 0.4) is 0 Å². The van der Waals surface area contributed by atoms with Crippen LogP contribution in [0.5, 0.6) is 0 Å². The van der Waals surface area contributed by atoms with Gasteiger partial charge in [-0.15, -0.1) is 0 Å². The van der Waals surface area contributed by atoms with Gasteiger partial charge in [-0.3, -0.25) is 20.4 Å². The largest absolute Gasteiger partial charge is 0.277 e. The van der Waals surface area contributed by atoms with Crippen molar-refractivity contribution in [3.63, 3.8) is 0 Å². The van der Waals surface area contributed by atoms with Gasteiger partial charge in [-0.2, -0.15) is 0 Å². The molecular formula is C24H31FN4. The minimum absolute atomic E-state index is 0.532. The van der Waals surface area contributed by atoms with Crippen molar-refractivity contribution in [2.45, 2.75) is 34.1 Å². The molecule has 0 fully saturated rings. The number of nitrogens with one attached hydrogen (secondary N) is 1. The van der Waals surface area contributed by atoms with Crippen LogP contribution in [0.25, 0.3) is 0 Å². The van der Waals surface area contributed by atoms with Gasteiger partial charge < -0.3 is 0 Å². The van der Waals surface area contributed by atoms with E-state index in [0.717, 1.165) is 34.8 Å². The molecule has 1 aromatic heterocycles. The monoisotopic (exact) mass is 394 g/mol. The highest BCUT2D eigenvalue weighted by molar-refractivity contribution is 5.94. The molecule has 0 aromatic carbocycles. The Morgan fingerprint density at radius 3 is 2.72 bits per heavy atom. The van der Waals surface area contributed by atoms with Gasteiger partial charge >= 0.3 is 0 Å². The number of hydrogen-bond donors (Lipinski definition) is 1. The van der Waals surface area contributed by atoms with Gasteiger partial charge in [-0.1, -0.05) is 50.8 Å². The predicted molar refractivity (Wildman–Crippen MR) is 122 cm³/mol. The molecule has 1 aliphatic heterocycles. The first-order chi connectivity index (χ1) is 14.2. The van der Waals surface area contributed by atoms with Crippen LogP contribution in [0.15, 0.2) is 102 Å². The number of aromatic nitrogens is 1. The Morgan fingerprint density at radius 1 is 1.31 bits per heavy atom. The van der Waals surface area contributed by atoms with Crippen molar-refractivity contribution in [1.29, 1.82) is 0 Å². The summed E-state index contributed by atoms with van der Waals surface area (Å²) in [5.41, 5.74) is 6.64. The highest BCUT2D eigenvalue weighted by Crippen LogP contribution is 2.22. The smallest absolute Gasteiger partial charge is 0.140 e. The summed E-state index contributed by atoms with van der Waals surface area (Å²) < 4.78 is 12.9. The van der Waals surface area contributed by atoms with Crippen molar-refractivity contribution < 1.29 is 4.39 Å². The fourth-order valence-corrected chi connectivity index (χ4v) is 2.55. The molecule has 1 aromatic rings. The number of nitrogens with zero attached hydrogens (tertiary/aromatic N) is 3. The van der Waals surface area contributed by atoms with Gasteiger partial charge in [0.25, 0.3) is 0 Å². The second-order valence-electron chi connectivity index (χ2n) is 5.76. The summed E-state index contributed by atoms with van der Waals surface area (Å²) in [7, 11) is 0. The number of hydrogen-bond acceptors (Lipinski definition) is 3. The Morgan fingerprint density at radius 2 is 2.10 bits per heavy atom. The number of pyridine rings is 1. The maximum atomic E-state index is 12.9. The summed E-state index contributed by atoms with van der Waals surface area (Å²) >= 11 is 0. The fourth-order valence-electron chi connectivity index (χ4n) is 2.55. The first kappa shape index (κ1) is 23.8. The molecule has 154 valence electrons. The molecule has 0 radical (unpaired) electrons. The highest BCUT2D eigenvalue weighted by Gasteiger charge is 2.18. The molecular weight excluding hydrogens is 363 g/mol. The number of allylic oxidation sites excluding steroid dienone is 6. The molecule has 29 heavy (non-hydrogen) atoms. The predicted octanol–water partition coefficient (Wildman–Crippen LogP) is 5.83. The molecule has 0 saturated heterocycles. The zero-order valence-electron chi connectivity index (χ0n) is 17.8. The Labute approximate surface area is 174 Å². The summed E-state index contributed by atoms with van der Waals surface area (Å²) in [6.45, 7) is 12.5. The van der Waals surface area contributed by atoms with E-state index >= 15 is 0 Å². The second-order valence-corrected chi connectivity index (χ2v) is 5.76. The van der Waals surface area contributed by atoms with Crippen LogP contribution >= 0.6 is 0 Å². The first-order valence-corrected chi connectivity index (χ1v) is 9.83. The third-order valence-electron chi connectivity index (χ3n) is 3.87.